The molecule has 4 nitrogen and oxygen atoms in total. The quantitative estimate of drug-likeness (QED) is 0.857. The first-order chi connectivity index (χ1) is 8.92. The van der Waals surface area contributed by atoms with Crippen molar-refractivity contribution in [3.63, 3.8) is 0 Å². The molecule has 0 unspecified atom stereocenters. The predicted molar refractivity (Wildman–Crippen MR) is 84.3 cm³/mol. The van der Waals surface area contributed by atoms with Gasteiger partial charge in [-0.25, -0.2) is 8.42 Å². The number of anilines is 2. The van der Waals surface area contributed by atoms with Crippen LogP contribution in [0.1, 0.15) is 4.88 Å². The Balaban J connectivity index is 1.95. The van der Waals surface area contributed by atoms with Crippen molar-refractivity contribution in [1.82, 2.24) is 0 Å². The Morgan fingerprint density at radius 2 is 1.84 bits per heavy atom. The Hall–Kier alpha value is -1.05. The molecule has 2 rings (SSSR count). The molecule has 0 spiro atoms. The van der Waals surface area contributed by atoms with Crippen LogP contribution in [0.3, 0.4) is 0 Å². The van der Waals surface area contributed by atoms with Crippen molar-refractivity contribution in [2.45, 2.75) is 6.54 Å². The maximum Gasteiger partial charge on any atom is 0.229 e. The number of hydrogen-bond acceptors (Lipinski definition) is 4. The summed E-state index contributed by atoms with van der Waals surface area (Å²) in [4.78, 5) is 1.23. The van der Waals surface area contributed by atoms with Crippen LogP contribution in [-0.2, 0) is 16.6 Å². The molecular formula is C12H13BrN2O2S2. The molecule has 102 valence electrons. The summed E-state index contributed by atoms with van der Waals surface area (Å²) in [5, 5.41) is 5.31. The van der Waals surface area contributed by atoms with Gasteiger partial charge in [0, 0.05) is 32.6 Å². The molecule has 0 aliphatic carbocycles. The summed E-state index contributed by atoms with van der Waals surface area (Å²) < 4.78 is 25.6. The molecule has 7 heteroatoms. The summed E-state index contributed by atoms with van der Waals surface area (Å²) in [7, 11) is -3.22. The van der Waals surface area contributed by atoms with E-state index in [2.05, 4.69) is 32.0 Å². The molecule has 0 bridgehead atoms. The van der Waals surface area contributed by atoms with Gasteiger partial charge in [0.15, 0.2) is 0 Å². The fourth-order valence-electron chi connectivity index (χ4n) is 1.51. The van der Waals surface area contributed by atoms with Crippen molar-refractivity contribution >= 4 is 48.7 Å². The van der Waals surface area contributed by atoms with Crippen molar-refractivity contribution in [2.24, 2.45) is 0 Å². The third kappa shape index (κ3) is 4.85. The van der Waals surface area contributed by atoms with E-state index in [1.54, 1.807) is 23.5 Å². The van der Waals surface area contributed by atoms with Crippen molar-refractivity contribution in [1.29, 1.82) is 0 Å². The lowest BCUT2D eigenvalue weighted by molar-refractivity contribution is 0.607. The van der Waals surface area contributed by atoms with Gasteiger partial charge in [-0.05, 0) is 46.3 Å². The van der Waals surface area contributed by atoms with E-state index in [1.165, 1.54) is 4.88 Å². The van der Waals surface area contributed by atoms with E-state index in [0.29, 0.717) is 5.69 Å². The van der Waals surface area contributed by atoms with Gasteiger partial charge < -0.3 is 5.32 Å². The second-order valence-electron chi connectivity index (χ2n) is 4.04. The minimum absolute atomic E-state index is 0.562. The minimum atomic E-state index is -3.22. The summed E-state index contributed by atoms with van der Waals surface area (Å²) in [5.74, 6) is 0. The molecule has 0 fully saturated rings. The van der Waals surface area contributed by atoms with E-state index in [-0.39, 0.29) is 0 Å². The van der Waals surface area contributed by atoms with Gasteiger partial charge in [0.25, 0.3) is 0 Å². The topological polar surface area (TPSA) is 58.2 Å². The smallest absolute Gasteiger partial charge is 0.229 e. The van der Waals surface area contributed by atoms with Crippen LogP contribution >= 0.6 is 27.3 Å². The van der Waals surface area contributed by atoms with E-state index < -0.39 is 10.0 Å². The van der Waals surface area contributed by atoms with Gasteiger partial charge in [0.05, 0.1) is 6.26 Å². The van der Waals surface area contributed by atoms with Gasteiger partial charge >= 0.3 is 0 Å². The van der Waals surface area contributed by atoms with Crippen LogP contribution in [0.2, 0.25) is 0 Å². The fraction of sp³-hybridized carbons (Fsp3) is 0.167. The van der Waals surface area contributed by atoms with Crippen LogP contribution in [0.4, 0.5) is 11.4 Å². The fourth-order valence-corrected chi connectivity index (χ4v) is 3.46. The maximum atomic E-state index is 11.1. The molecule has 0 aliphatic heterocycles. The van der Waals surface area contributed by atoms with Gasteiger partial charge in [0.2, 0.25) is 10.0 Å². The monoisotopic (exact) mass is 360 g/mol. The summed E-state index contributed by atoms with van der Waals surface area (Å²) >= 11 is 5.09. The SMILES string of the molecule is CS(=O)(=O)Nc1ccc(NCc2cc(Br)cs2)cc1. The normalized spacial score (nSPS) is 11.3. The van der Waals surface area contributed by atoms with Gasteiger partial charge in [-0.1, -0.05) is 0 Å². The van der Waals surface area contributed by atoms with Crippen LogP contribution in [0, 0.1) is 0 Å². The summed E-state index contributed by atoms with van der Waals surface area (Å²) in [6.07, 6.45) is 1.13. The molecular weight excluding hydrogens is 348 g/mol. The lowest BCUT2D eigenvalue weighted by Gasteiger charge is -2.07. The van der Waals surface area contributed by atoms with E-state index in [9.17, 15) is 8.42 Å². The van der Waals surface area contributed by atoms with E-state index >= 15 is 0 Å². The third-order valence-electron chi connectivity index (χ3n) is 2.28. The highest BCUT2D eigenvalue weighted by Crippen LogP contribution is 2.21. The number of nitrogens with one attached hydrogen (secondary N) is 2. The molecule has 0 saturated heterocycles. The zero-order valence-corrected chi connectivity index (χ0v) is 13.4. The highest BCUT2D eigenvalue weighted by molar-refractivity contribution is 9.10. The summed E-state index contributed by atoms with van der Waals surface area (Å²) in [5.41, 5.74) is 1.51. The zero-order chi connectivity index (χ0) is 13.9. The molecule has 0 saturated carbocycles. The Kier molecular flexibility index (Phi) is 4.49. The standard InChI is InChI=1S/C12H13BrN2O2S2/c1-19(16,17)15-11-4-2-10(3-5-11)14-7-12-6-9(13)8-18-12/h2-6,8,14-15H,7H2,1H3. The number of halogens is 1. The van der Waals surface area contributed by atoms with Gasteiger partial charge in [-0.15, -0.1) is 11.3 Å². The Bertz CT molecular complexity index is 651. The molecule has 0 amide bonds. The zero-order valence-electron chi connectivity index (χ0n) is 10.2. The van der Waals surface area contributed by atoms with Crippen LogP contribution in [0.25, 0.3) is 0 Å². The van der Waals surface area contributed by atoms with Crippen molar-refractivity contribution in [3.8, 4) is 0 Å². The number of rotatable bonds is 5. The Morgan fingerprint density at radius 3 is 2.37 bits per heavy atom. The van der Waals surface area contributed by atoms with E-state index in [0.717, 1.165) is 23.0 Å². The van der Waals surface area contributed by atoms with E-state index in [1.807, 2.05) is 17.5 Å². The molecule has 0 aliphatic rings. The van der Waals surface area contributed by atoms with Gasteiger partial charge in [-0.2, -0.15) is 0 Å². The number of hydrogen-bond donors (Lipinski definition) is 2. The molecule has 1 aromatic heterocycles. The first-order valence-electron chi connectivity index (χ1n) is 5.47. The molecule has 0 radical (unpaired) electrons. The lowest BCUT2D eigenvalue weighted by Crippen LogP contribution is -2.09. The van der Waals surface area contributed by atoms with Crippen molar-refractivity contribution in [3.05, 3.63) is 45.1 Å². The van der Waals surface area contributed by atoms with Crippen LogP contribution in [0.15, 0.2) is 40.2 Å². The number of benzene rings is 1. The van der Waals surface area contributed by atoms with Crippen molar-refractivity contribution < 1.29 is 8.42 Å². The third-order valence-corrected chi connectivity index (χ3v) is 4.58. The average Bonchev–Trinajstić information content (AvgIpc) is 2.72. The van der Waals surface area contributed by atoms with Gasteiger partial charge in [0.1, 0.15) is 0 Å². The van der Waals surface area contributed by atoms with Gasteiger partial charge in [-0.3, -0.25) is 4.72 Å². The number of thiophene rings is 1. The molecule has 1 heterocycles. The highest BCUT2D eigenvalue weighted by atomic mass is 79.9. The average molecular weight is 361 g/mol. The summed E-state index contributed by atoms with van der Waals surface area (Å²) in [6.45, 7) is 0.745. The molecule has 2 N–H and O–H groups in total. The minimum Gasteiger partial charge on any atom is -0.380 e. The van der Waals surface area contributed by atoms with Crippen LogP contribution in [-0.4, -0.2) is 14.7 Å². The first kappa shape index (κ1) is 14.4. The van der Waals surface area contributed by atoms with Crippen molar-refractivity contribution in [2.75, 3.05) is 16.3 Å². The maximum absolute atomic E-state index is 11.1. The largest absolute Gasteiger partial charge is 0.380 e. The molecule has 1 aromatic carbocycles. The highest BCUT2D eigenvalue weighted by Gasteiger charge is 2.02. The predicted octanol–water partition coefficient (Wildman–Crippen LogP) is 3.49. The first-order valence-corrected chi connectivity index (χ1v) is 9.03. The number of sulfonamides is 1. The summed E-state index contributed by atoms with van der Waals surface area (Å²) in [6, 6.07) is 9.21. The second-order valence-corrected chi connectivity index (χ2v) is 7.70. The Morgan fingerprint density at radius 1 is 1.21 bits per heavy atom. The second kappa shape index (κ2) is 5.94. The molecule has 19 heavy (non-hydrogen) atoms. The van der Waals surface area contributed by atoms with Crippen LogP contribution in [0.5, 0.6) is 0 Å². The lowest BCUT2D eigenvalue weighted by atomic mass is 10.3. The van der Waals surface area contributed by atoms with Crippen LogP contribution < -0.4 is 10.0 Å². The molecule has 2 aromatic rings. The Labute approximate surface area is 125 Å². The molecule has 0 atom stereocenters. The van der Waals surface area contributed by atoms with E-state index in [4.69, 9.17) is 0 Å².